The Hall–Kier alpha value is -0.260. The number of nitrogens with zero attached hydrogens (tertiary/aromatic N) is 2. The number of aryl methyl sites for hydroxylation is 1. The van der Waals surface area contributed by atoms with E-state index in [1.165, 1.54) is 29.2 Å². The Bertz CT molecular complexity index is 452. The fourth-order valence-electron chi connectivity index (χ4n) is 2.88. The van der Waals surface area contributed by atoms with Crippen molar-refractivity contribution in [3.05, 3.63) is 23.3 Å². The molecule has 1 aromatic rings. The van der Waals surface area contributed by atoms with E-state index in [0.717, 1.165) is 25.1 Å². The van der Waals surface area contributed by atoms with E-state index in [-0.39, 0.29) is 6.04 Å². The first-order chi connectivity index (χ1) is 9.29. The second-order valence-electron chi connectivity index (χ2n) is 5.24. The van der Waals surface area contributed by atoms with Crippen LogP contribution in [0.3, 0.4) is 0 Å². The third-order valence-electron chi connectivity index (χ3n) is 3.95. The normalized spacial score (nSPS) is 30.9. The largest absolute Gasteiger partial charge is 0.324 e. The van der Waals surface area contributed by atoms with Crippen LogP contribution in [-0.2, 0) is 6.42 Å². The fraction of sp³-hybridized carbons (Fsp3) is 0.714. The van der Waals surface area contributed by atoms with Gasteiger partial charge in [0.05, 0.1) is 5.25 Å². The van der Waals surface area contributed by atoms with Crippen molar-refractivity contribution in [3.8, 4) is 0 Å². The average molecular weight is 295 g/mol. The number of aromatic nitrogens is 2. The topological polar surface area (TPSA) is 51.8 Å². The van der Waals surface area contributed by atoms with Gasteiger partial charge in [-0.15, -0.1) is 11.8 Å². The van der Waals surface area contributed by atoms with Crippen LogP contribution in [0, 0.1) is 0 Å². The van der Waals surface area contributed by atoms with Gasteiger partial charge in [0.25, 0.3) is 0 Å². The summed E-state index contributed by atoms with van der Waals surface area (Å²) < 4.78 is 0. The van der Waals surface area contributed by atoms with Crippen LogP contribution in [0.25, 0.3) is 0 Å². The molecule has 0 radical (unpaired) electrons. The number of hydrogen-bond donors (Lipinski definition) is 1. The summed E-state index contributed by atoms with van der Waals surface area (Å²) in [7, 11) is 0. The van der Waals surface area contributed by atoms with Crippen molar-refractivity contribution in [2.45, 2.75) is 49.1 Å². The Labute approximate surface area is 123 Å². The van der Waals surface area contributed by atoms with Crippen molar-refractivity contribution in [1.29, 1.82) is 0 Å². The number of nitrogens with two attached hydrogens (primary N) is 1. The molecule has 2 heterocycles. The molecule has 104 valence electrons. The van der Waals surface area contributed by atoms with Crippen molar-refractivity contribution in [3.63, 3.8) is 0 Å². The first-order valence-corrected chi connectivity index (χ1v) is 9.24. The van der Waals surface area contributed by atoms with Crippen molar-refractivity contribution < 1.29 is 0 Å². The third kappa shape index (κ3) is 2.78. The number of hydrogen-bond acceptors (Lipinski definition) is 5. The summed E-state index contributed by atoms with van der Waals surface area (Å²) in [6, 6.07) is 0.146. The third-order valence-corrected chi connectivity index (χ3v) is 7.20. The Morgan fingerprint density at radius 1 is 1.37 bits per heavy atom. The SMILES string of the molecule is CCC1SCCSC1c1ncc2c(n1)CCCC2N. The zero-order valence-electron chi connectivity index (χ0n) is 11.3. The lowest BCUT2D eigenvalue weighted by Crippen LogP contribution is -2.24. The molecule has 3 atom stereocenters. The number of rotatable bonds is 2. The first kappa shape index (κ1) is 13.7. The summed E-state index contributed by atoms with van der Waals surface area (Å²) in [6.07, 6.45) is 6.49. The van der Waals surface area contributed by atoms with Gasteiger partial charge in [0, 0.05) is 40.3 Å². The van der Waals surface area contributed by atoms with E-state index in [4.69, 9.17) is 10.7 Å². The van der Waals surface area contributed by atoms with Gasteiger partial charge in [-0.2, -0.15) is 11.8 Å². The summed E-state index contributed by atoms with van der Waals surface area (Å²) in [5.41, 5.74) is 8.52. The molecular weight excluding hydrogens is 274 g/mol. The van der Waals surface area contributed by atoms with Crippen LogP contribution in [0.4, 0.5) is 0 Å². The minimum atomic E-state index is 0.146. The van der Waals surface area contributed by atoms with Gasteiger partial charge >= 0.3 is 0 Å². The summed E-state index contributed by atoms with van der Waals surface area (Å²) in [5.74, 6) is 3.51. The molecule has 3 nitrogen and oxygen atoms in total. The summed E-state index contributed by atoms with van der Waals surface area (Å²) in [4.78, 5) is 9.50. The molecule has 1 aliphatic heterocycles. The van der Waals surface area contributed by atoms with Crippen LogP contribution in [0.2, 0.25) is 0 Å². The van der Waals surface area contributed by atoms with Crippen LogP contribution in [-0.4, -0.2) is 26.7 Å². The van der Waals surface area contributed by atoms with E-state index >= 15 is 0 Å². The highest BCUT2D eigenvalue weighted by Gasteiger charge is 2.30. The molecule has 1 fully saturated rings. The monoisotopic (exact) mass is 295 g/mol. The second-order valence-corrected chi connectivity index (χ2v) is 7.83. The van der Waals surface area contributed by atoms with Crippen LogP contribution >= 0.6 is 23.5 Å². The second kappa shape index (κ2) is 6.02. The number of thioether (sulfide) groups is 2. The van der Waals surface area contributed by atoms with Crippen LogP contribution < -0.4 is 5.73 Å². The molecular formula is C14H21N3S2. The van der Waals surface area contributed by atoms with Gasteiger partial charge < -0.3 is 5.73 Å². The summed E-state index contributed by atoms with van der Waals surface area (Å²) >= 11 is 4.10. The fourth-order valence-corrected chi connectivity index (χ4v) is 5.88. The predicted octanol–water partition coefficient (Wildman–Crippen LogP) is 3.11. The molecule has 1 aromatic heterocycles. The van der Waals surface area contributed by atoms with E-state index in [1.54, 1.807) is 0 Å². The Morgan fingerprint density at radius 2 is 2.21 bits per heavy atom. The van der Waals surface area contributed by atoms with Crippen LogP contribution in [0.15, 0.2) is 6.20 Å². The molecule has 0 amide bonds. The van der Waals surface area contributed by atoms with Gasteiger partial charge in [0.2, 0.25) is 0 Å². The summed E-state index contributed by atoms with van der Waals surface area (Å²) in [5, 5.41) is 1.13. The maximum atomic E-state index is 6.14. The van der Waals surface area contributed by atoms with Gasteiger partial charge in [-0.3, -0.25) is 0 Å². The van der Waals surface area contributed by atoms with E-state index < -0.39 is 0 Å². The molecule has 1 saturated heterocycles. The standard InChI is InChI=1S/C14H21N3S2/c1-2-12-13(19-7-6-18-12)14-16-8-9-10(15)4-3-5-11(9)17-14/h8,10,12-13H,2-7,15H2,1H3. The molecule has 2 aliphatic rings. The highest BCUT2D eigenvalue weighted by atomic mass is 32.2. The number of fused-ring (bicyclic) bond motifs is 1. The molecule has 0 spiro atoms. The Balaban J connectivity index is 1.88. The first-order valence-electron chi connectivity index (χ1n) is 7.14. The van der Waals surface area contributed by atoms with Crippen molar-refractivity contribution >= 4 is 23.5 Å². The highest BCUT2D eigenvalue weighted by molar-refractivity contribution is 8.06. The molecule has 5 heteroatoms. The maximum absolute atomic E-state index is 6.14. The quantitative estimate of drug-likeness (QED) is 0.908. The van der Waals surface area contributed by atoms with Crippen LogP contribution in [0.5, 0.6) is 0 Å². The van der Waals surface area contributed by atoms with E-state index in [1.807, 2.05) is 18.0 Å². The molecule has 0 aromatic carbocycles. The maximum Gasteiger partial charge on any atom is 0.142 e. The molecule has 3 unspecified atom stereocenters. The van der Waals surface area contributed by atoms with Crippen molar-refractivity contribution in [2.75, 3.05) is 11.5 Å². The van der Waals surface area contributed by atoms with Gasteiger partial charge in [-0.25, -0.2) is 9.97 Å². The smallest absolute Gasteiger partial charge is 0.142 e. The Morgan fingerprint density at radius 3 is 3.05 bits per heavy atom. The minimum Gasteiger partial charge on any atom is -0.324 e. The van der Waals surface area contributed by atoms with Gasteiger partial charge in [-0.05, 0) is 25.7 Å². The molecule has 19 heavy (non-hydrogen) atoms. The van der Waals surface area contributed by atoms with E-state index in [9.17, 15) is 0 Å². The zero-order chi connectivity index (χ0) is 13.2. The van der Waals surface area contributed by atoms with Crippen LogP contribution in [0.1, 0.15) is 54.6 Å². The van der Waals surface area contributed by atoms with Crippen molar-refractivity contribution in [1.82, 2.24) is 9.97 Å². The van der Waals surface area contributed by atoms with E-state index in [0.29, 0.717) is 10.5 Å². The molecule has 0 saturated carbocycles. The molecule has 1 aliphatic carbocycles. The summed E-state index contributed by atoms with van der Waals surface area (Å²) in [6.45, 7) is 2.27. The lowest BCUT2D eigenvalue weighted by Gasteiger charge is -2.30. The van der Waals surface area contributed by atoms with Crippen molar-refractivity contribution in [2.24, 2.45) is 5.73 Å². The van der Waals surface area contributed by atoms with Gasteiger partial charge in [0.15, 0.2) is 0 Å². The molecule has 0 bridgehead atoms. The molecule has 3 rings (SSSR count). The lowest BCUT2D eigenvalue weighted by atomic mass is 9.93. The predicted molar refractivity (Wildman–Crippen MR) is 83.6 cm³/mol. The highest BCUT2D eigenvalue weighted by Crippen LogP contribution is 2.43. The zero-order valence-corrected chi connectivity index (χ0v) is 13.0. The minimum absolute atomic E-state index is 0.146. The van der Waals surface area contributed by atoms with Gasteiger partial charge in [0.1, 0.15) is 5.82 Å². The van der Waals surface area contributed by atoms with E-state index in [2.05, 4.69) is 23.7 Å². The molecule has 2 N–H and O–H groups in total. The average Bonchev–Trinajstić information content (AvgIpc) is 2.47. The Kier molecular flexibility index (Phi) is 4.34. The van der Waals surface area contributed by atoms with Gasteiger partial charge in [-0.1, -0.05) is 6.92 Å². The lowest BCUT2D eigenvalue weighted by molar-refractivity contribution is 0.551.